The van der Waals surface area contributed by atoms with E-state index in [1.54, 1.807) is 0 Å². The molecule has 0 spiro atoms. The Morgan fingerprint density at radius 1 is 1.25 bits per heavy atom. The topological polar surface area (TPSA) is 32.3 Å². The molecule has 0 amide bonds. The minimum atomic E-state index is -0.370. The molecule has 2 N–H and O–H groups in total. The third-order valence-electron chi connectivity index (χ3n) is 2.10. The van der Waals surface area contributed by atoms with Crippen LogP contribution in [0.4, 0.5) is 0 Å². The van der Waals surface area contributed by atoms with Gasteiger partial charge >= 0.3 is 0 Å². The molecule has 0 radical (unpaired) electrons. The molecule has 0 fully saturated rings. The van der Waals surface area contributed by atoms with E-state index in [-0.39, 0.29) is 5.54 Å². The predicted octanol–water partition coefficient (Wildman–Crippen LogP) is 2.21. The van der Waals surface area contributed by atoms with E-state index in [0.717, 1.165) is 5.56 Å². The summed E-state index contributed by atoms with van der Waals surface area (Å²) >= 11 is 0. The lowest BCUT2D eigenvalue weighted by Gasteiger charge is -2.24. The van der Waals surface area contributed by atoms with Gasteiger partial charge in [0.15, 0.2) is 0 Å². The maximum absolute atomic E-state index is 8.92. The molecule has 2 nitrogen and oxygen atoms in total. The Balaban J connectivity index is 3.10. The minimum Gasteiger partial charge on any atom is -0.316 e. The van der Waals surface area contributed by atoms with E-state index < -0.39 is 0 Å². The van der Waals surface area contributed by atoms with Crippen LogP contribution in [0.3, 0.4) is 0 Å². The van der Waals surface area contributed by atoms with Crippen molar-refractivity contribution in [3.05, 3.63) is 35.4 Å². The molecule has 0 aliphatic carbocycles. The minimum absolute atomic E-state index is 0.370. The molecule has 0 aromatic heterocycles. The van der Waals surface area contributed by atoms with E-state index in [1.165, 1.54) is 5.56 Å². The molecule has 0 bridgehead atoms. The highest BCUT2D eigenvalue weighted by atomic mass is 16.5. The van der Waals surface area contributed by atoms with Crippen LogP contribution in [0.25, 0.3) is 0 Å². The zero-order valence-corrected chi connectivity index (χ0v) is 7.76. The molecule has 0 heterocycles. The van der Waals surface area contributed by atoms with Gasteiger partial charge in [-0.2, -0.15) is 5.48 Å². The highest BCUT2D eigenvalue weighted by molar-refractivity contribution is 5.31. The summed E-state index contributed by atoms with van der Waals surface area (Å²) in [6, 6.07) is 8.01. The van der Waals surface area contributed by atoms with Gasteiger partial charge in [-0.1, -0.05) is 24.3 Å². The van der Waals surface area contributed by atoms with Crippen LogP contribution >= 0.6 is 0 Å². The van der Waals surface area contributed by atoms with Gasteiger partial charge in [-0.25, -0.2) is 0 Å². The fourth-order valence-corrected chi connectivity index (χ4v) is 1.33. The Morgan fingerprint density at radius 3 is 2.33 bits per heavy atom. The Hall–Kier alpha value is -0.860. The van der Waals surface area contributed by atoms with E-state index >= 15 is 0 Å². The van der Waals surface area contributed by atoms with Crippen LogP contribution in [0.15, 0.2) is 24.3 Å². The maximum Gasteiger partial charge on any atom is 0.0624 e. The Bertz CT molecular complexity index is 268. The molecule has 0 aliphatic rings. The second-order valence-corrected chi connectivity index (χ2v) is 3.55. The van der Waals surface area contributed by atoms with Gasteiger partial charge < -0.3 is 5.21 Å². The van der Waals surface area contributed by atoms with E-state index in [4.69, 9.17) is 5.21 Å². The molecule has 12 heavy (non-hydrogen) atoms. The lowest BCUT2D eigenvalue weighted by Crippen LogP contribution is -2.34. The Kier molecular flexibility index (Phi) is 2.50. The smallest absolute Gasteiger partial charge is 0.0624 e. The molecule has 1 aromatic rings. The number of hydrogen-bond donors (Lipinski definition) is 2. The van der Waals surface area contributed by atoms with E-state index in [1.807, 2.05) is 45.0 Å². The molecule has 1 rings (SSSR count). The summed E-state index contributed by atoms with van der Waals surface area (Å²) in [5.74, 6) is 0. The number of nitrogens with one attached hydrogen (secondary N) is 1. The summed E-state index contributed by atoms with van der Waals surface area (Å²) in [6.45, 7) is 5.92. The van der Waals surface area contributed by atoms with Gasteiger partial charge in [0.25, 0.3) is 0 Å². The monoisotopic (exact) mass is 165 g/mol. The van der Waals surface area contributed by atoms with Crippen molar-refractivity contribution in [2.24, 2.45) is 0 Å². The summed E-state index contributed by atoms with van der Waals surface area (Å²) in [6.07, 6.45) is 0. The molecular weight excluding hydrogens is 150 g/mol. The van der Waals surface area contributed by atoms with E-state index in [9.17, 15) is 0 Å². The lowest BCUT2D eigenvalue weighted by atomic mass is 9.91. The number of benzene rings is 1. The third kappa shape index (κ3) is 1.65. The average Bonchev–Trinajstić information content (AvgIpc) is 2.05. The molecule has 2 heteroatoms. The Labute approximate surface area is 73.2 Å². The van der Waals surface area contributed by atoms with Crippen molar-refractivity contribution in [1.82, 2.24) is 5.48 Å². The predicted molar refractivity (Wildman–Crippen MR) is 49.1 cm³/mol. The van der Waals surface area contributed by atoms with Gasteiger partial charge in [-0.3, -0.25) is 0 Å². The zero-order valence-electron chi connectivity index (χ0n) is 7.76. The lowest BCUT2D eigenvalue weighted by molar-refractivity contribution is 0.0802. The number of aryl methyl sites for hydroxylation is 1. The average molecular weight is 165 g/mol. The van der Waals surface area contributed by atoms with Crippen molar-refractivity contribution >= 4 is 0 Å². The molecular formula is C10H15NO. The summed E-state index contributed by atoms with van der Waals surface area (Å²) in [5.41, 5.74) is 4.23. The fourth-order valence-electron chi connectivity index (χ4n) is 1.33. The largest absolute Gasteiger partial charge is 0.316 e. The zero-order chi connectivity index (χ0) is 9.19. The van der Waals surface area contributed by atoms with Gasteiger partial charge in [0.05, 0.1) is 5.54 Å². The van der Waals surface area contributed by atoms with Crippen molar-refractivity contribution in [2.75, 3.05) is 0 Å². The maximum atomic E-state index is 8.92. The number of hydrogen-bond acceptors (Lipinski definition) is 2. The molecule has 0 atom stereocenters. The molecule has 66 valence electrons. The van der Waals surface area contributed by atoms with Crippen LogP contribution in [-0.2, 0) is 5.54 Å². The highest BCUT2D eigenvalue weighted by Crippen LogP contribution is 2.22. The van der Waals surface area contributed by atoms with Crippen molar-refractivity contribution in [2.45, 2.75) is 26.3 Å². The first kappa shape index (κ1) is 9.23. The van der Waals surface area contributed by atoms with Crippen LogP contribution < -0.4 is 5.48 Å². The summed E-state index contributed by atoms with van der Waals surface area (Å²) in [5, 5.41) is 8.92. The van der Waals surface area contributed by atoms with Gasteiger partial charge in [0.2, 0.25) is 0 Å². The molecule has 0 saturated heterocycles. The second-order valence-electron chi connectivity index (χ2n) is 3.55. The SMILES string of the molecule is Cc1ccccc1C(C)(C)NO. The second kappa shape index (κ2) is 3.25. The van der Waals surface area contributed by atoms with Crippen molar-refractivity contribution in [3.63, 3.8) is 0 Å². The van der Waals surface area contributed by atoms with Crippen LogP contribution in [-0.4, -0.2) is 5.21 Å². The number of hydroxylamine groups is 1. The first-order valence-corrected chi connectivity index (χ1v) is 4.05. The summed E-state index contributed by atoms with van der Waals surface area (Å²) < 4.78 is 0. The highest BCUT2D eigenvalue weighted by Gasteiger charge is 2.20. The molecule has 1 aromatic carbocycles. The van der Waals surface area contributed by atoms with Crippen LogP contribution in [0.2, 0.25) is 0 Å². The number of rotatable bonds is 2. The molecule has 0 saturated carbocycles. The molecule has 0 aliphatic heterocycles. The van der Waals surface area contributed by atoms with E-state index in [0.29, 0.717) is 0 Å². The van der Waals surface area contributed by atoms with Crippen LogP contribution in [0, 0.1) is 6.92 Å². The van der Waals surface area contributed by atoms with Crippen molar-refractivity contribution in [1.29, 1.82) is 0 Å². The summed E-state index contributed by atoms with van der Waals surface area (Å²) in [7, 11) is 0. The van der Waals surface area contributed by atoms with Crippen molar-refractivity contribution in [3.8, 4) is 0 Å². The van der Waals surface area contributed by atoms with Crippen molar-refractivity contribution < 1.29 is 5.21 Å². The third-order valence-corrected chi connectivity index (χ3v) is 2.10. The standard InChI is InChI=1S/C10H15NO/c1-8-6-4-5-7-9(8)10(2,3)11-12/h4-7,11-12H,1-3H3. The fraction of sp³-hybridized carbons (Fsp3) is 0.400. The van der Waals surface area contributed by atoms with Gasteiger partial charge in [0.1, 0.15) is 0 Å². The van der Waals surface area contributed by atoms with Gasteiger partial charge in [-0.15, -0.1) is 0 Å². The summed E-state index contributed by atoms with van der Waals surface area (Å²) in [4.78, 5) is 0. The Morgan fingerprint density at radius 2 is 1.83 bits per heavy atom. The van der Waals surface area contributed by atoms with E-state index in [2.05, 4.69) is 5.48 Å². The molecule has 0 unspecified atom stereocenters. The first-order chi connectivity index (χ1) is 5.58. The van der Waals surface area contributed by atoms with Gasteiger partial charge in [0, 0.05) is 0 Å². The quantitative estimate of drug-likeness (QED) is 0.658. The van der Waals surface area contributed by atoms with Crippen LogP contribution in [0.5, 0.6) is 0 Å². The normalized spacial score (nSPS) is 11.7. The van der Waals surface area contributed by atoms with Gasteiger partial charge in [-0.05, 0) is 31.9 Å². The first-order valence-electron chi connectivity index (χ1n) is 4.05. The van der Waals surface area contributed by atoms with Crippen LogP contribution in [0.1, 0.15) is 25.0 Å².